The van der Waals surface area contributed by atoms with Crippen molar-refractivity contribution in [3.8, 4) is 5.75 Å². The van der Waals surface area contributed by atoms with Crippen molar-refractivity contribution >= 4 is 72.1 Å². The smallest absolute Gasteiger partial charge is 0.271 e. The number of hydrogen-bond acceptors (Lipinski definition) is 4. The first kappa shape index (κ1) is 26.5. The maximum atomic E-state index is 13.7. The number of nitrogens with zero attached hydrogens (tertiary/aromatic N) is 2. The maximum absolute atomic E-state index is 13.7. The van der Waals surface area contributed by atoms with Crippen molar-refractivity contribution < 1.29 is 9.53 Å². The lowest BCUT2D eigenvalue weighted by Crippen LogP contribution is -2.28. The summed E-state index contributed by atoms with van der Waals surface area (Å²) in [6.45, 7) is 4.52. The molecule has 190 valence electrons. The van der Waals surface area contributed by atoms with E-state index in [1.807, 2.05) is 111 Å². The number of aliphatic imine (C=N–C) groups is 1. The van der Waals surface area contributed by atoms with E-state index in [0.717, 1.165) is 42.6 Å². The highest BCUT2D eigenvalue weighted by Gasteiger charge is 2.34. The van der Waals surface area contributed by atoms with Gasteiger partial charge in [-0.2, -0.15) is 0 Å². The molecule has 4 nitrogen and oxygen atoms in total. The van der Waals surface area contributed by atoms with Crippen molar-refractivity contribution in [2.75, 3.05) is 4.90 Å². The van der Waals surface area contributed by atoms with Gasteiger partial charge in [-0.05, 0) is 111 Å². The van der Waals surface area contributed by atoms with Crippen LogP contribution in [0.2, 0.25) is 0 Å². The van der Waals surface area contributed by atoms with Gasteiger partial charge in [0.05, 0.1) is 25.2 Å². The molecular weight excluding hydrogens is 624 g/mol. The Hall–Kier alpha value is -3.13. The zero-order valence-corrected chi connectivity index (χ0v) is 24.8. The number of carbonyl (C=O) groups is 1. The Kier molecular flexibility index (Phi) is 8.17. The summed E-state index contributed by atoms with van der Waals surface area (Å²) in [5, 5.41) is 0.620. The zero-order valence-electron chi connectivity index (χ0n) is 20.8. The van der Waals surface area contributed by atoms with E-state index in [1.165, 1.54) is 11.8 Å². The highest BCUT2D eigenvalue weighted by atomic mass is 79.9. The quantitative estimate of drug-likeness (QED) is 0.196. The van der Waals surface area contributed by atoms with Gasteiger partial charge >= 0.3 is 0 Å². The predicted octanol–water partition coefficient (Wildman–Crippen LogP) is 9.22. The molecule has 1 heterocycles. The van der Waals surface area contributed by atoms with E-state index >= 15 is 0 Å². The number of halogens is 2. The molecule has 0 aromatic heterocycles. The fraction of sp³-hybridized carbons (Fsp3) is 0.0968. The number of carbonyl (C=O) groups excluding carboxylic acids is 1. The van der Waals surface area contributed by atoms with Crippen LogP contribution in [0.3, 0.4) is 0 Å². The van der Waals surface area contributed by atoms with Crippen LogP contribution in [0.15, 0.2) is 110 Å². The molecule has 1 saturated heterocycles. The van der Waals surface area contributed by atoms with Gasteiger partial charge in [0.1, 0.15) is 12.4 Å². The summed E-state index contributed by atoms with van der Waals surface area (Å²) in [5.74, 6) is 0.602. The van der Waals surface area contributed by atoms with Gasteiger partial charge in [0.2, 0.25) is 0 Å². The Morgan fingerprint density at radius 1 is 0.868 bits per heavy atom. The van der Waals surface area contributed by atoms with Gasteiger partial charge < -0.3 is 4.74 Å². The lowest BCUT2D eigenvalue weighted by atomic mass is 10.2. The van der Waals surface area contributed by atoms with E-state index in [-0.39, 0.29) is 5.91 Å². The molecule has 1 aliphatic heterocycles. The molecule has 4 aromatic carbocycles. The molecule has 7 heteroatoms. The second-order valence-corrected chi connectivity index (χ2v) is 11.6. The minimum absolute atomic E-state index is 0.110. The molecule has 0 unspecified atom stereocenters. The molecule has 1 fully saturated rings. The highest BCUT2D eigenvalue weighted by molar-refractivity contribution is 9.11. The van der Waals surface area contributed by atoms with Crippen molar-refractivity contribution in [2.24, 2.45) is 4.99 Å². The van der Waals surface area contributed by atoms with Gasteiger partial charge in [-0.1, -0.05) is 65.7 Å². The molecular formula is C31H24Br2N2O2S. The second kappa shape index (κ2) is 11.7. The van der Waals surface area contributed by atoms with Gasteiger partial charge in [-0.25, -0.2) is 4.99 Å². The monoisotopic (exact) mass is 646 g/mol. The molecule has 5 rings (SSSR count). The average molecular weight is 648 g/mol. The van der Waals surface area contributed by atoms with E-state index in [0.29, 0.717) is 22.4 Å². The average Bonchev–Trinajstić information content (AvgIpc) is 3.20. The summed E-state index contributed by atoms with van der Waals surface area (Å²) >= 11 is 8.66. The van der Waals surface area contributed by atoms with Gasteiger partial charge in [-0.15, -0.1) is 0 Å². The van der Waals surface area contributed by atoms with Crippen molar-refractivity contribution in [1.82, 2.24) is 0 Å². The molecule has 0 N–H and O–H groups in total. The molecule has 0 aliphatic carbocycles. The molecule has 0 atom stereocenters. The molecule has 1 aliphatic rings. The molecule has 0 spiro atoms. The molecule has 1 amide bonds. The van der Waals surface area contributed by atoms with E-state index in [2.05, 4.69) is 31.9 Å². The van der Waals surface area contributed by atoms with Crippen molar-refractivity contribution in [3.05, 3.63) is 127 Å². The van der Waals surface area contributed by atoms with Crippen LogP contribution in [-0.4, -0.2) is 11.1 Å². The number of benzene rings is 4. The van der Waals surface area contributed by atoms with Crippen LogP contribution in [0.4, 0.5) is 11.4 Å². The number of amidine groups is 1. The normalized spacial score (nSPS) is 15.5. The topological polar surface area (TPSA) is 41.9 Å². The van der Waals surface area contributed by atoms with Crippen LogP contribution in [0.5, 0.6) is 5.75 Å². The molecule has 38 heavy (non-hydrogen) atoms. The Labute approximate surface area is 243 Å². The lowest BCUT2D eigenvalue weighted by Gasteiger charge is -2.16. The fourth-order valence-electron chi connectivity index (χ4n) is 3.88. The van der Waals surface area contributed by atoms with Crippen LogP contribution in [-0.2, 0) is 11.4 Å². The maximum Gasteiger partial charge on any atom is 0.271 e. The zero-order chi connectivity index (χ0) is 26.6. The van der Waals surface area contributed by atoms with E-state index < -0.39 is 0 Å². The third-order valence-corrected chi connectivity index (χ3v) is 8.05. The predicted molar refractivity (Wildman–Crippen MR) is 165 cm³/mol. The Bertz CT molecular complexity index is 1510. The lowest BCUT2D eigenvalue weighted by molar-refractivity contribution is -0.113. The van der Waals surface area contributed by atoms with Gasteiger partial charge in [0, 0.05) is 0 Å². The summed E-state index contributed by atoms with van der Waals surface area (Å²) in [7, 11) is 0. The fourth-order valence-corrected chi connectivity index (χ4v) is 6.33. The minimum atomic E-state index is -0.110. The van der Waals surface area contributed by atoms with E-state index in [9.17, 15) is 4.79 Å². The second-order valence-electron chi connectivity index (χ2n) is 8.90. The Morgan fingerprint density at radius 2 is 1.47 bits per heavy atom. The minimum Gasteiger partial charge on any atom is -0.487 e. The van der Waals surface area contributed by atoms with Gasteiger partial charge in [-0.3, -0.25) is 9.69 Å². The van der Waals surface area contributed by atoms with Gasteiger partial charge in [0.25, 0.3) is 5.91 Å². The van der Waals surface area contributed by atoms with Crippen LogP contribution in [0.1, 0.15) is 22.3 Å². The Balaban J connectivity index is 1.46. The number of aryl methyl sites for hydroxylation is 2. The van der Waals surface area contributed by atoms with Gasteiger partial charge in [0.15, 0.2) is 5.17 Å². The van der Waals surface area contributed by atoms with E-state index in [4.69, 9.17) is 9.73 Å². The highest BCUT2D eigenvalue weighted by Crippen LogP contribution is 2.40. The third-order valence-electron chi connectivity index (χ3n) is 5.90. The first-order valence-corrected chi connectivity index (χ1v) is 14.4. The Morgan fingerprint density at radius 3 is 2.11 bits per heavy atom. The van der Waals surface area contributed by atoms with E-state index in [1.54, 1.807) is 4.90 Å². The summed E-state index contributed by atoms with van der Waals surface area (Å²) < 4.78 is 7.66. The first-order chi connectivity index (χ1) is 18.4. The van der Waals surface area contributed by atoms with Crippen molar-refractivity contribution in [2.45, 2.75) is 20.5 Å². The first-order valence-electron chi connectivity index (χ1n) is 12.0. The van der Waals surface area contributed by atoms with Crippen molar-refractivity contribution in [3.63, 3.8) is 0 Å². The number of amides is 1. The SMILES string of the molecule is Cc1ccc(N=C2S/C(=C\c3cc(Br)c(OCc4ccccc4)c(Br)c3)C(=O)N2c2ccc(C)cc2)cc1. The number of rotatable bonds is 6. The molecule has 0 saturated carbocycles. The summed E-state index contributed by atoms with van der Waals surface area (Å²) in [5.41, 5.74) is 5.83. The summed E-state index contributed by atoms with van der Waals surface area (Å²) in [6, 6.07) is 29.8. The van der Waals surface area contributed by atoms with Crippen LogP contribution < -0.4 is 9.64 Å². The number of anilines is 1. The largest absolute Gasteiger partial charge is 0.487 e. The molecule has 4 aromatic rings. The molecule has 0 bridgehead atoms. The van der Waals surface area contributed by atoms with Crippen LogP contribution in [0, 0.1) is 13.8 Å². The number of hydrogen-bond donors (Lipinski definition) is 0. The number of thioether (sulfide) groups is 1. The molecule has 0 radical (unpaired) electrons. The standard InChI is InChI=1S/C31H24Br2N2O2S/c1-20-8-12-24(13-9-20)34-31-35(25-14-10-21(2)11-15-25)30(36)28(38-31)18-23-16-26(32)29(27(33)17-23)37-19-22-6-4-3-5-7-22/h3-18H,19H2,1-2H3/b28-18-,34-31?. The van der Waals surface area contributed by atoms with Crippen molar-refractivity contribution in [1.29, 1.82) is 0 Å². The van der Waals surface area contributed by atoms with Crippen LogP contribution >= 0.6 is 43.6 Å². The van der Waals surface area contributed by atoms with Crippen LogP contribution in [0.25, 0.3) is 6.08 Å². The number of ether oxygens (including phenoxy) is 1. The third kappa shape index (κ3) is 6.12. The summed E-state index contributed by atoms with van der Waals surface area (Å²) in [4.78, 5) is 20.8. The summed E-state index contributed by atoms with van der Waals surface area (Å²) in [6.07, 6.45) is 1.89.